The molecule has 0 bridgehead atoms. The first kappa shape index (κ1) is 46.0. The van der Waals surface area contributed by atoms with Crippen molar-refractivity contribution in [1.82, 2.24) is 0 Å². The van der Waals surface area contributed by atoms with Gasteiger partial charge in [0.15, 0.2) is 25.2 Å². The van der Waals surface area contributed by atoms with Crippen molar-refractivity contribution in [3.8, 4) is 0 Å². The van der Waals surface area contributed by atoms with Gasteiger partial charge in [0.2, 0.25) is 5.79 Å². The lowest BCUT2D eigenvalue weighted by atomic mass is 9.97. The van der Waals surface area contributed by atoms with Gasteiger partial charge in [-0.1, -0.05) is 0 Å². The summed E-state index contributed by atoms with van der Waals surface area (Å²) in [6.07, 6.45) is -41.5. The third-order valence-electron chi connectivity index (χ3n) is 10.4. The molecule has 0 aromatic rings. The van der Waals surface area contributed by atoms with Gasteiger partial charge in [-0.3, -0.25) is 0 Å². The van der Waals surface area contributed by atoms with E-state index < -0.39 is 187 Å². The van der Waals surface area contributed by atoms with Crippen LogP contribution in [0.25, 0.3) is 0 Å². The first-order chi connectivity index (χ1) is 26.4. The van der Waals surface area contributed by atoms with Crippen molar-refractivity contribution in [1.29, 1.82) is 0 Å². The van der Waals surface area contributed by atoms with E-state index in [1.807, 2.05) is 0 Å². The Labute approximate surface area is 316 Å². The Balaban J connectivity index is 1.22. The molecule has 0 amide bonds. The molecule has 5 aliphatic heterocycles. The van der Waals surface area contributed by atoms with Crippen LogP contribution in [-0.2, 0) is 42.6 Å². The summed E-state index contributed by atoms with van der Waals surface area (Å²) in [7, 11) is 0. The Morgan fingerprint density at radius 2 is 0.804 bits per heavy atom. The van der Waals surface area contributed by atoms with Gasteiger partial charge in [0.1, 0.15) is 123 Å². The Morgan fingerprint density at radius 1 is 0.393 bits per heavy atom. The van der Waals surface area contributed by atoms with Crippen LogP contribution in [0.3, 0.4) is 0 Å². The first-order valence-electron chi connectivity index (χ1n) is 17.6. The highest BCUT2D eigenvalue weighted by Crippen LogP contribution is 2.37. The van der Waals surface area contributed by atoms with Crippen LogP contribution in [0.2, 0.25) is 0 Å². The topological polar surface area (TPSA) is 427 Å². The monoisotopic (exact) mass is 828 g/mol. The second kappa shape index (κ2) is 19.1. The van der Waals surface area contributed by atoms with E-state index >= 15 is 0 Å². The standard InChI is InChI=1S/C30H52O26/c31-1-7-12(34)20(42)24(56-30(6-33)25(46)16(38)8(2-32)55-30)29(52-7)50-5-11-15(37)19(41)23(45)28(54-11)49-4-10-14(36)18(40)22(44)27(53-10)48-3-9-13(35)17(39)21(43)26(47)51-9/h7-29,31-47H,1-6H2/t7-,8-,9-,10-,11-,12+,13-,14+,15+,16-,17+,18+,19+,20+,21-,22-,23-,24-,25+,26+,27+,28+,29+,30+/m1/s1. The zero-order valence-electron chi connectivity index (χ0n) is 29.3. The van der Waals surface area contributed by atoms with Gasteiger partial charge in [-0.25, -0.2) is 0 Å². The average Bonchev–Trinajstić information content (AvgIpc) is 3.43. The van der Waals surface area contributed by atoms with Crippen molar-refractivity contribution in [2.75, 3.05) is 39.6 Å². The van der Waals surface area contributed by atoms with E-state index in [-0.39, 0.29) is 0 Å². The fraction of sp³-hybridized carbons (Fsp3) is 1.00. The van der Waals surface area contributed by atoms with E-state index in [0.717, 1.165) is 0 Å². The Kier molecular flexibility index (Phi) is 15.7. The normalized spacial score (nSPS) is 53.0. The largest absolute Gasteiger partial charge is 0.394 e. The summed E-state index contributed by atoms with van der Waals surface area (Å²) in [5, 5.41) is 174. The van der Waals surface area contributed by atoms with Crippen molar-refractivity contribution in [3.05, 3.63) is 0 Å². The summed E-state index contributed by atoms with van der Waals surface area (Å²) in [4.78, 5) is 0. The molecule has 0 saturated carbocycles. The van der Waals surface area contributed by atoms with Crippen LogP contribution in [0.4, 0.5) is 0 Å². The van der Waals surface area contributed by atoms with Crippen molar-refractivity contribution < 1.29 is 129 Å². The number of ether oxygens (including phenoxy) is 9. The first-order valence-corrected chi connectivity index (χ1v) is 17.6. The van der Waals surface area contributed by atoms with Gasteiger partial charge in [-0.15, -0.1) is 0 Å². The third-order valence-corrected chi connectivity index (χ3v) is 10.4. The number of hydrogen-bond acceptors (Lipinski definition) is 26. The van der Waals surface area contributed by atoms with Crippen LogP contribution < -0.4 is 0 Å². The highest BCUT2D eigenvalue weighted by molar-refractivity contribution is 5.00. The number of hydrogen-bond donors (Lipinski definition) is 17. The van der Waals surface area contributed by atoms with Gasteiger partial charge in [0.05, 0.1) is 33.0 Å². The molecular weight excluding hydrogens is 776 g/mol. The van der Waals surface area contributed by atoms with Gasteiger partial charge >= 0.3 is 0 Å². The van der Waals surface area contributed by atoms with Crippen molar-refractivity contribution in [3.63, 3.8) is 0 Å². The summed E-state index contributed by atoms with van der Waals surface area (Å²) in [6, 6.07) is 0. The average molecular weight is 829 g/mol. The fourth-order valence-corrected chi connectivity index (χ4v) is 6.84. The van der Waals surface area contributed by atoms with Crippen LogP contribution >= 0.6 is 0 Å². The smallest absolute Gasteiger partial charge is 0.222 e. The zero-order valence-corrected chi connectivity index (χ0v) is 29.3. The Hall–Kier alpha value is -1.04. The molecule has 26 heteroatoms. The zero-order chi connectivity index (χ0) is 41.4. The quantitative estimate of drug-likeness (QED) is 0.0773. The van der Waals surface area contributed by atoms with Gasteiger partial charge in [-0.05, 0) is 0 Å². The van der Waals surface area contributed by atoms with Crippen molar-refractivity contribution in [2.45, 2.75) is 147 Å². The molecule has 26 nitrogen and oxygen atoms in total. The van der Waals surface area contributed by atoms with Crippen LogP contribution in [0.5, 0.6) is 0 Å². The van der Waals surface area contributed by atoms with Crippen molar-refractivity contribution in [2.24, 2.45) is 0 Å². The number of rotatable bonds is 14. The van der Waals surface area contributed by atoms with Gasteiger partial charge < -0.3 is 129 Å². The summed E-state index contributed by atoms with van der Waals surface area (Å²) in [5.74, 6) is -2.51. The molecule has 56 heavy (non-hydrogen) atoms. The number of aliphatic hydroxyl groups is 17. The lowest BCUT2D eigenvalue weighted by Crippen LogP contribution is -2.65. The predicted molar refractivity (Wildman–Crippen MR) is 167 cm³/mol. The lowest BCUT2D eigenvalue weighted by molar-refractivity contribution is -0.378. The van der Waals surface area contributed by atoms with Crippen LogP contribution in [0.1, 0.15) is 0 Å². The molecule has 0 spiro atoms. The molecule has 0 radical (unpaired) electrons. The minimum absolute atomic E-state index is 0.679. The van der Waals surface area contributed by atoms with E-state index in [0.29, 0.717) is 0 Å². The Bertz CT molecular complexity index is 1220. The summed E-state index contributed by atoms with van der Waals surface area (Å²) in [5.41, 5.74) is 0. The second-order valence-corrected chi connectivity index (χ2v) is 14.1. The molecule has 0 aliphatic carbocycles. The summed E-state index contributed by atoms with van der Waals surface area (Å²) < 4.78 is 49.1. The van der Waals surface area contributed by atoms with E-state index in [1.165, 1.54) is 0 Å². The van der Waals surface area contributed by atoms with Gasteiger partial charge in [-0.2, -0.15) is 0 Å². The molecular formula is C30H52O26. The highest BCUT2D eigenvalue weighted by Gasteiger charge is 2.59. The molecule has 5 saturated heterocycles. The second-order valence-electron chi connectivity index (χ2n) is 14.1. The van der Waals surface area contributed by atoms with Gasteiger partial charge in [0.25, 0.3) is 0 Å². The maximum absolute atomic E-state index is 10.9. The summed E-state index contributed by atoms with van der Waals surface area (Å²) in [6.45, 7) is -5.10. The van der Waals surface area contributed by atoms with E-state index in [2.05, 4.69) is 0 Å². The molecule has 17 N–H and O–H groups in total. The molecule has 328 valence electrons. The molecule has 24 atom stereocenters. The molecule has 5 aliphatic rings. The fourth-order valence-electron chi connectivity index (χ4n) is 6.84. The summed E-state index contributed by atoms with van der Waals surface area (Å²) >= 11 is 0. The predicted octanol–water partition coefficient (Wildman–Crippen LogP) is -11.9. The van der Waals surface area contributed by atoms with Crippen LogP contribution in [0.15, 0.2) is 0 Å². The van der Waals surface area contributed by atoms with Crippen LogP contribution in [-0.4, -0.2) is 273 Å². The van der Waals surface area contributed by atoms with E-state index in [4.69, 9.17) is 42.6 Å². The van der Waals surface area contributed by atoms with E-state index in [1.54, 1.807) is 0 Å². The Morgan fingerprint density at radius 3 is 1.25 bits per heavy atom. The van der Waals surface area contributed by atoms with E-state index in [9.17, 15) is 86.8 Å². The maximum atomic E-state index is 10.9. The minimum atomic E-state index is -2.51. The minimum Gasteiger partial charge on any atom is -0.394 e. The number of aliphatic hydroxyl groups excluding tert-OH is 17. The molecule has 0 unspecified atom stereocenters. The molecule has 5 rings (SSSR count). The van der Waals surface area contributed by atoms with Crippen molar-refractivity contribution >= 4 is 0 Å². The molecule has 5 fully saturated rings. The molecule has 0 aromatic heterocycles. The SMILES string of the molecule is OC[C@H]1O[C@H](OC[C@H]2O[C@H](OC[C@H]3O[C@H](OC[C@H]4O[C@H](O)[C@H](O)[C@@H](O)[C@@H]4O)[C@H](O)[C@@H](O)[C@H]3O)[C@H](O)[C@@H](O)[C@H]2O)[C@H](O[C@]2(CO)O[C@H](CO)[C@@H](O)[C@@H]2O)[C@@H](O)[C@H]1O. The molecule has 5 heterocycles. The highest BCUT2D eigenvalue weighted by atomic mass is 16.8. The van der Waals surface area contributed by atoms with Gasteiger partial charge in [0, 0.05) is 0 Å². The third kappa shape index (κ3) is 9.16. The van der Waals surface area contributed by atoms with Crippen LogP contribution in [0, 0.1) is 0 Å². The molecule has 0 aromatic carbocycles. The lowest BCUT2D eigenvalue weighted by Gasteiger charge is -2.46. The maximum Gasteiger partial charge on any atom is 0.222 e.